The highest BCUT2D eigenvalue weighted by Gasteiger charge is 2.04. The quantitative estimate of drug-likeness (QED) is 0.856. The van der Waals surface area contributed by atoms with Crippen molar-refractivity contribution >= 4 is 33.7 Å². The number of nitrogens with one attached hydrogen (secondary N) is 1. The Labute approximate surface area is 94.8 Å². The predicted molar refractivity (Wildman–Crippen MR) is 62.3 cm³/mol. The maximum atomic E-state index is 10.8. The van der Waals surface area contributed by atoms with Crippen LogP contribution in [0.4, 0.5) is 5.13 Å². The van der Waals surface area contributed by atoms with Crippen molar-refractivity contribution in [3.63, 3.8) is 0 Å². The first-order valence-electron chi connectivity index (χ1n) is 4.26. The molecule has 0 fully saturated rings. The summed E-state index contributed by atoms with van der Waals surface area (Å²) in [5, 5.41) is 7.71. The van der Waals surface area contributed by atoms with Gasteiger partial charge in [0.25, 0.3) is 0 Å². The molecule has 0 spiro atoms. The van der Waals surface area contributed by atoms with Gasteiger partial charge in [-0.1, -0.05) is 0 Å². The van der Waals surface area contributed by atoms with Crippen LogP contribution >= 0.6 is 22.7 Å². The van der Waals surface area contributed by atoms with Gasteiger partial charge < -0.3 is 11.1 Å². The standard InChI is InChI=1S/C9H9N3OS2/c10-8(13)6-3-7(15-5-6)4-12-9-11-1-2-14-9/h1-3,5H,4H2,(H2,10,13)(H,11,12). The van der Waals surface area contributed by atoms with Crippen molar-refractivity contribution < 1.29 is 4.79 Å². The number of carbonyl (C=O) groups excluding carboxylic acids is 1. The lowest BCUT2D eigenvalue weighted by atomic mass is 10.3. The number of anilines is 1. The number of hydrogen-bond acceptors (Lipinski definition) is 5. The summed E-state index contributed by atoms with van der Waals surface area (Å²) in [7, 11) is 0. The predicted octanol–water partition coefficient (Wildman–Crippen LogP) is 1.92. The van der Waals surface area contributed by atoms with Gasteiger partial charge in [-0.15, -0.1) is 22.7 Å². The van der Waals surface area contributed by atoms with Gasteiger partial charge in [0.1, 0.15) is 0 Å². The molecule has 0 aliphatic carbocycles. The lowest BCUT2D eigenvalue weighted by molar-refractivity contribution is 0.100. The zero-order chi connectivity index (χ0) is 10.7. The van der Waals surface area contributed by atoms with Crippen molar-refractivity contribution in [2.24, 2.45) is 5.73 Å². The highest BCUT2D eigenvalue weighted by Crippen LogP contribution is 2.17. The minimum Gasteiger partial charge on any atom is -0.366 e. The summed E-state index contributed by atoms with van der Waals surface area (Å²) in [5.41, 5.74) is 5.72. The van der Waals surface area contributed by atoms with Crippen molar-refractivity contribution in [2.45, 2.75) is 6.54 Å². The van der Waals surface area contributed by atoms with Crippen LogP contribution in [-0.4, -0.2) is 10.9 Å². The number of aromatic nitrogens is 1. The summed E-state index contributed by atoms with van der Waals surface area (Å²) in [5.74, 6) is -0.383. The Kier molecular flexibility index (Phi) is 2.98. The second-order valence-electron chi connectivity index (χ2n) is 2.86. The molecular formula is C9H9N3OS2. The third kappa shape index (κ3) is 2.54. The van der Waals surface area contributed by atoms with Crippen LogP contribution in [-0.2, 0) is 6.54 Å². The molecule has 78 valence electrons. The van der Waals surface area contributed by atoms with Gasteiger partial charge in [0.15, 0.2) is 5.13 Å². The van der Waals surface area contributed by atoms with Crippen molar-refractivity contribution in [1.82, 2.24) is 4.98 Å². The highest BCUT2D eigenvalue weighted by molar-refractivity contribution is 7.13. The lowest BCUT2D eigenvalue weighted by Crippen LogP contribution is -2.09. The van der Waals surface area contributed by atoms with Gasteiger partial charge in [0.2, 0.25) is 5.91 Å². The summed E-state index contributed by atoms with van der Waals surface area (Å²) in [6.07, 6.45) is 1.75. The maximum absolute atomic E-state index is 10.8. The van der Waals surface area contributed by atoms with Crippen molar-refractivity contribution in [3.8, 4) is 0 Å². The van der Waals surface area contributed by atoms with Crippen LogP contribution in [0.15, 0.2) is 23.0 Å². The van der Waals surface area contributed by atoms with Gasteiger partial charge in [0, 0.05) is 21.8 Å². The van der Waals surface area contributed by atoms with E-state index >= 15 is 0 Å². The summed E-state index contributed by atoms with van der Waals surface area (Å²) >= 11 is 3.06. The number of amides is 1. The minimum absolute atomic E-state index is 0.383. The molecule has 0 aliphatic rings. The number of nitrogens with two attached hydrogens (primary N) is 1. The molecular weight excluding hydrogens is 230 g/mol. The monoisotopic (exact) mass is 239 g/mol. The first-order valence-corrected chi connectivity index (χ1v) is 6.02. The number of carbonyl (C=O) groups is 1. The molecule has 4 nitrogen and oxygen atoms in total. The number of primary amides is 1. The highest BCUT2D eigenvalue weighted by atomic mass is 32.1. The number of hydrogen-bond donors (Lipinski definition) is 2. The molecule has 0 bridgehead atoms. The van der Waals surface area contributed by atoms with Crippen LogP contribution < -0.4 is 11.1 Å². The topological polar surface area (TPSA) is 68.0 Å². The van der Waals surface area contributed by atoms with Crippen molar-refractivity contribution in [2.75, 3.05) is 5.32 Å². The number of rotatable bonds is 4. The first-order chi connectivity index (χ1) is 7.25. The molecule has 2 aromatic rings. The van der Waals surface area contributed by atoms with Crippen LogP contribution in [0.3, 0.4) is 0 Å². The maximum Gasteiger partial charge on any atom is 0.249 e. The van der Waals surface area contributed by atoms with Crippen LogP contribution in [0.5, 0.6) is 0 Å². The fourth-order valence-corrected chi connectivity index (χ4v) is 2.42. The van der Waals surface area contributed by atoms with Crippen LogP contribution in [0.25, 0.3) is 0 Å². The number of nitrogens with zero attached hydrogens (tertiary/aromatic N) is 1. The molecule has 0 atom stereocenters. The van der Waals surface area contributed by atoms with E-state index in [9.17, 15) is 4.79 Å². The van der Waals surface area contributed by atoms with Crippen molar-refractivity contribution in [3.05, 3.63) is 33.5 Å². The lowest BCUT2D eigenvalue weighted by Gasteiger charge is -1.98. The summed E-state index contributed by atoms with van der Waals surface area (Å²) < 4.78 is 0. The number of thiophene rings is 1. The molecule has 0 saturated heterocycles. The molecule has 2 rings (SSSR count). The normalized spacial score (nSPS) is 10.1. The third-order valence-corrected chi connectivity index (χ3v) is 3.45. The second kappa shape index (κ2) is 4.41. The van der Waals surface area contributed by atoms with E-state index in [0.29, 0.717) is 12.1 Å². The Morgan fingerprint density at radius 1 is 1.53 bits per heavy atom. The van der Waals surface area contributed by atoms with Gasteiger partial charge in [-0.25, -0.2) is 4.98 Å². The Morgan fingerprint density at radius 2 is 2.40 bits per heavy atom. The molecule has 0 unspecified atom stereocenters. The average Bonchev–Trinajstić information content (AvgIpc) is 2.86. The van der Waals surface area contributed by atoms with E-state index in [0.717, 1.165) is 10.0 Å². The summed E-state index contributed by atoms with van der Waals surface area (Å²) in [6.45, 7) is 0.672. The summed E-state index contributed by atoms with van der Waals surface area (Å²) in [6, 6.07) is 1.80. The Hall–Kier alpha value is -1.40. The smallest absolute Gasteiger partial charge is 0.249 e. The van der Waals surface area contributed by atoms with Gasteiger partial charge in [0.05, 0.1) is 12.1 Å². The van der Waals surface area contributed by atoms with E-state index in [1.807, 2.05) is 5.38 Å². The molecule has 2 aromatic heterocycles. The van der Waals surface area contributed by atoms with E-state index < -0.39 is 0 Å². The van der Waals surface area contributed by atoms with E-state index in [1.54, 1.807) is 29.0 Å². The zero-order valence-corrected chi connectivity index (χ0v) is 9.40. The van der Waals surface area contributed by atoms with E-state index in [4.69, 9.17) is 5.73 Å². The summed E-state index contributed by atoms with van der Waals surface area (Å²) in [4.78, 5) is 16.0. The van der Waals surface area contributed by atoms with Crippen LogP contribution in [0, 0.1) is 0 Å². The van der Waals surface area contributed by atoms with Gasteiger partial charge in [-0.05, 0) is 6.07 Å². The number of thiazole rings is 1. The van der Waals surface area contributed by atoms with E-state index in [-0.39, 0.29) is 5.91 Å². The zero-order valence-electron chi connectivity index (χ0n) is 7.77. The average molecular weight is 239 g/mol. The molecule has 0 aromatic carbocycles. The third-order valence-electron chi connectivity index (χ3n) is 1.78. The molecule has 0 radical (unpaired) electrons. The molecule has 2 heterocycles. The molecule has 1 amide bonds. The molecule has 6 heteroatoms. The van der Waals surface area contributed by atoms with Crippen LogP contribution in [0.2, 0.25) is 0 Å². The molecule has 3 N–H and O–H groups in total. The molecule has 0 saturated carbocycles. The fraction of sp³-hybridized carbons (Fsp3) is 0.111. The van der Waals surface area contributed by atoms with Gasteiger partial charge in [-0.3, -0.25) is 4.79 Å². The molecule has 15 heavy (non-hydrogen) atoms. The largest absolute Gasteiger partial charge is 0.366 e. The van der Waals surface area contributed by atoms with E-state index in [1.165, 1.54) is 11.3 Å². The SMILES string of the molecule is NC(=O)c1csc(CNc2nccs2)c1. The minimum atomic E-state index is -0.383. The Morgan fingerprint density at radius 3 is 3.00 bits per heavy atom. The first kappa shape index (κ1) is 10.1. The van der Waals surface area contributed by atoms with Gasteiger partial charge in [-0.2, -0.15) is 0 Å². The van der Waals surface area contributed by atoms with E-state index in [2.05, 4.69) is 10.3 Å². The Balaban J connectivity index is 1.96. The fourth-order valence-electron chi connectivity index (χ4n) is 1.08. The van der Waals surface area contributed by atoms with Crippen LogP contribution in [0.1, 0.15) is 15.2 Å². The Bertz CT molecular complexity index is 450. The second-order valence-corrected chi connectivity index (χ2v) is 4.75. The molecule has 0 aliphatic heterocycles. The van der Waals surface area contributed by atoms with Crippen molar-refractivity contribution in [1.29, 1.82) is 0 Å². The van der Waals surface area contributed by atoms with Gasteiger partial charge >= 0.3 is 0 Å².